The van der Waals surface area contributed by atoms with Gasteiger partial charge in [0.15, 0.2) is 5.82 Å². The first-order valence-electron chi connectivity index (χ1n) is 8.77. The first kappa shape index (κ1) is 22.6. The Morgan fingerprint density at radius 1 is 1.39 bits per heavy atom. The van der Waals surface area contributed by atoms with Crippen LogP contribution in [0.1, 0.15) is 25.7 Å². The summed E-state index contributed by atoms with van der Waals surface area (Å²) in [5.41, 5.74) is 0.519. The third-order valence-corrected chi connectivity index (χ3v) is 6.02. The van der Waals surface area contributed by atoms with Crippen LogP contribution >= 0.6 is 12.4 Å². The molecular formula is C17H26ClN5O4S. The van der Waals surface area contributed by atoms with Crippen molar-refractivity contribution in [1.29, 1.82) is 0 Å². The fraction of sp³-hybridized carbons (Fsp3) is 0.529. The Morgan fingerprint density at radius 2 is 2.14 bits per heavy atom. The SMILES string of the molecule is COc1ccc(-c2nc(C3CNCCN3C)no2)cc1S(=O)(=O)NC(C)C.Cl. The summed E-state index contributed by atoms with van der Waals surface area (Å²) in [5.74, 6) is 1.09. The first-order valence-corrected chi connectivity index (χ1v) is 10.3. The third kappa shape index (κ3) is 4.81. The van der Waals surface area contributed by atoms with E-state index in [9.17, 15) is 8.42 Å². The van der Waals surface area contributed by atoms with Crippen LogP contribution in [0.3, 0.4) is 0 Å². The number of hydrogen-bond acceptors (Lipinski definition) is 8. The van der Waals surface area contributed by atoms with Crippen molar-refractivity contribution in [3.05, 3.63) is 24.0 Å². The van der Waals surface area contributed by atoms with Crippen LogP contribution in [0.4, 0.5) is 0 Å². The van der Waals surface area contributed by atoms with Crippen molar-refractivity contribution < 1.29 is 17.7 Å². The Bertz CT molecular complexity index is 903. The van der Waals surface area contributed by atoms with E-state index in [1.165, 1.54) is 13.2 Å². The van der Waals surface area contributed by atoms with E-state index in [1.807, 2.05) is 7.05 Å². The standard InChI is InChI=1S/C17H25N5O4S.ClH/c1-11(2)21-27(23,24)15-9-12(5-6-14(15)25-4)17-19-16(20-26-17)13-10-18-7-8-22(13)3;/h5-6,9,11,13,18,21H,7-8,10H2,1-4H3;1H. The quantitative estimate of drug-likeness (QED) is 0.706. The van der Waals surface area contributed by atoms with Gasteiger partial charge < -0.3 is 14.6 Å². The molecule has 11 heteroatoms. The molecule has 1 saturated heterocycles. The van der Waals surface area contributed by atoms with Crippen molar-refractivity contribution in [3.8, 4) is 17.2 Å². The van der Waals surface area contributed by atoms with E-state index in [2.05, 4.69) is 25.1 Å². The topological polar surface area (TPSA) is 110 Å². The molecule has 2 N–H and O–H groups in total. The summed E-state index contributed by atoms with van der Waals surface area (Å²) in [5, 5.41) is 7.39. The molecule has 9 nitrogen and oxygen atoms in total. The molecule has 1 unspecified atom stereocenters. The molecule has 2 heterocycles. The zero-order valence-electron chi connectivity index (χ0n) is 16.3. The second-order valence-electron chi connectivity index (χ2n) is 6.80. The van der Waals surface area contributed by atoms with Gasteiger partial charge in [-0.25, -0.2) is 13.1 Å². The van der Waals surface area contributed by atoms with Gasteiger partial charge in [0.2, 0.25) is 10.0 Å². The highest BCUT2D eigenvalue weighted by molar-refractivity contribution is 7.89. The number of piperazine rings is 1. The molecule has 1 atom stereocenters. The van der Waals surface area contributed by atoms with Gasteiger partial charge in [0.25, 0.3) is 5.89 Å². The Labute approximate surface area is 171 Å². The van der Waals surface area contributed by atoms with E-state index in [0.717, 1.165) is 19.6 Å². The van der Waals surface area contributed by atoms with Gasteiger partial charge in [-0.1, -0.05) is 5.16 Å². The highest BCUT2D eigenvalue weighted by atomic mass is 35.5. The number of rotatable bonds is 6. The molecule has 1 fully saturated rings. The zero-order chi connectivity index (χ0) is 19.6. The summed E-state index contributed by atoms with van der Waals surface area (Å²) in [4.78, 5) is 6.67. The second-order valence-corrected chi connectivity index (χ2v) is 8.48. The average molecular weight is 432 g/mol. The van der Waals surface area contributed by atoms with Crippen molar-refractivity contribution in [1.82, 2.24) is 25.1 Å². The number of methoxy groups -OCH3 is 1. The number of benzene rings is 1. The lowest BCUT2D eigenvalue weighted by Gasteiger charge is -2.30. The largest absolute Gasteiger partial charge is 0.495 e. The fourth-order valence-corrected chi connectivity index (χ4v) is 4.42. The van der Waals surface area contributed by atoms with Crippen LogP contribution in [-0.2, 0) is 10.0 Å². The number of aromatic nitrogens is 2. The van der Waals surface area contributed by atoms with Crippen LogP contribution < -0.4 is 14.8 Å². The van der Waals surface area contributed by atoms with Crippen LogP contribution in [0.15, 0.2) is 27.6 Å². The van der Waals surface area contributed by atoms with Crippen molar-refractivity contribution in [3.63, 3.8) is 0 Å². The van der Waals surface area contributed by atoms with Gasteiger partial charge in [0, 0.05) is 31.2 Å². The summed E-state index contributed by atoms with van der Waals surface area (Å²) in [6.07, 6.45) is 0. The Kier molecular flexibility index (Phi) is 7.40. The smallest absolute Gasteiger partial charge is 0.258 e. The predicted molar refractivity (Wildman–Crippen MR) is 107 cm³/mol. The van der Waals surface area contributed by atoms with E-state index < -0.39 is 10.0 Å². The maximum absolute atomic E-state index is 12.6. The van der Waals surface area contributed by atoms with Gasteiger partial charge in [0.1, 0.15) is 10.6 Å². The van der Waals surface area contributed by atoms with Gasteiger partial charge in [-0.05, 0) is 39.1 Å². The summed E-state index contributed by atoms with van der Waals surface area (Å²) < 4.78 is 38.4. The first-order chi connectivity index (χ1) is 12.8. The second kappa shape index (κ2) is 9.19. The molecule has 156 valence electrons. The van der Waals surface area contributed by atoms with Gasteiger partial charge in [-0.15, -0.1) is 12.4 Å². The van der Waals surface area contributed by atoms with E-state index in [0.29, 0.717) is 11.4 Å². The van der Waals surface area contributed by atoms with Crippen LogP contribution in [0.25, 0.3) is 11.5 Å². The number of halogens is 1. The number of nitrogens with one attached hydrogen (secondary N) is 2. The molecule has 0 aliphatic carbocycles. The Balaban J connectivity index is 0.00000280. The fourth-order valence-electron chi connectivity index (χ4n) is 2.98. The lowest BCUT2D eigenvalue weighted by atomic mass is 10.2. The lowest BCUT2D eigenvalue weighted by molar-refractivity contribution is 0.190. The van der Waals surface area contributed by atoms with Crippen LogP contribution in [0.2, 0.25) is 0 Å². The number of nitrogens with zero attached hydrogens (tertiary/aromatic N) is 3. The highest BCUT2D eigenvalue weighted by Gasteiger charge is 2.27. The minimum absolute atomic E-state index is 0. The van der Waals surface area contributed by atoms with E-state index in [-0.39, 0.29) is 41.0 Å². The van der Waals surface area contributed by atoms with Gasteiger partial charge in [0.05, 0.1) is 13.2 Å². The summed E-state index contributed by atoms with van der Waals surface area (Å²) in [6.45, 7) is 6.05. The normalized spacial score (nSPS) is 18.1. The van der Waals surface area contributed by atoms with Crippen LogP contribution in [-0.4, -0.2) is 63.3 Å². The minimum Gasteiger partial charge on any atom is -0.495 e. The molecule has 2 aromatic rings. The lowest BCUT2D eigenvalue weighted by Crippen LogP contribution is -2.44. The van der Waals surface area contributed by atoms with Crippen molar-refractivity contribution in [2.24, 2.45) is 0 Å². The Hall–Kier alpha value is -1.72. The third-order valence-electron chi connectivity index (χ3n) is 4.34. The number of likely N-dealkylation sites (N-methyl/N-ethyl adjacent to an activating group) is 1. The van der Waals surface area contributed by atoms with E-state index >= 15 is 0 Å². The van der Waals surface area contributed by atoms with Crippen molar-refractivity contribution >= 4 is 22.4 Å². The molecule has 1 aliphatic heterocycles. The molecule has 0 spiro atoms. The molecule has 1 aromatic heterocycles. The predicted octanol–water partition coefficient (Wildman–Crippen LogP) is 1.43. The van der Waals surface area contributed by atoms with Crippen LogP contribution in [0.5, 0.6) is 5.75 Å². The molecule has 0 radical (unpaired) electrons. The van der Waals surface area contributed by atoms with Crippen LogP contribution in [0, 0.1) is 0 Å². The number of ether oxygens (including phenoxy) is 1. The molecule has 1 aliphatic rings. The average Bonchev–Trinajstić information content (AvgIpc) is 3.10. The molecule has 0 bridgehead atoms. The summed E-state index contributed by atoms with van der Waals surface area (Å²) >= 11 is 0. The van der Waals surface area contributed by atoms with Gasteiger partial charge in [-0.3, -0.25) is 4.90 Å². The van der Waals surface area contributed by atoms with Gasteiger partial charge in [-0.2, -0.15) is 4.98 Å². The van der Waals surface area contributed by atoms with Crippen molar-refractivity contribution in [2.45, 2.75) is 30.8 Å². The monoisotopic (exact) mass is 431 g/mol. The number of sulfonamides is 1. The molecule has 0 saturated carbocycles. The maximum Gasteiger partial charge on any atom is 0.258 e. The molecular weight excluding hydrogens is 406 g/mol. The zero-order valence-corrected chi connectivity index (χ0v) is 17.9. The highest BCUT2D eigenvalue weighted by Crippen LogP contribution is 2.30. The Morgan fingerprint density at radius 3 is 2.79 bits per heavy atom. The van der Waals surface area contributed by atoms with Gasteiger partial charge >= 0.3 is 0 Å². The molecule has 0 amide bonds. The summed E-state index contributed by atoms with van der Waals surface area (Å²) in [6, 6.07) is 4.55. The molecule has 1 aromatic carbocycles. The van der Waals surface area contributed by atoms with Crippen molar-refractivity contribution in [2.75, 3.05) is 33.8 Å². The van der Waals surface area contributed by atoms with E-state index in [1.54, 1.807) is 26.0 Å². The van der Waals surface area contributed by atoms with E-state index in [4.69, 9.17) is 9.26 Å². The minimum atomic E-state index is -3.74. The number of hydrogen-bond donors (Lipinski definition) is 2. The maximum atomic E-state index is 12.6. The molecule has 3 rings (SSSR count). The molecule has 28 heavy (non-hydrogen) atoms. The summed E-state index contributed by atoms with van der Waals surface area (Å²) in [7, 11) is -0.297.